The average molecular weight is 644 g/mol. The van der Waals surface area contributed by atoms with E-state index in [4.69, 9.17) is 21.1 Å². The van der Waals surface area contributed by atoms with Gasteiger partial charge in [-0.05, 0) is 80.1 Å². The lowest BCUT2D eigenvalue weighted by atomic mass is 10.2. The third-order valence-corrected chi connectivity index (χ3v) is 10.1. The number of ether oxygens (including phenoxy) is 2. The van der Waals surface area contributed by atoms with Gasteiger partial charge in [-0.2, -0.15) is 0 Å². The second kappa shape index (κ2) is 12.9. The minimum absolute atomic E-state index is 0.00214. The predicted octanol–water partition coefficient (Wildman–Crippen LogP) is 5.61. The van der Waals surface area contributed by atoms with Crippen molar-refractivity contribution in [2.24, 2.45) is 0 Å². The van der Waals surface area contributed by atoms with Gasteiger partial charge in [0.05, 0.1) is 35.4 Å². The lowest BCUT2D eigenvalue weighted by Crippen LogP contribution is -2.38. The predicted molar refractivity (Wildman–Crippen MR) is 167 cm³/mol. The lowest BCUT2D eigenvalue weighted by Gasteiger charge is -2.25. The first-order chi connectivity index (χ1) is 20.3. The number of carbonyl (C=O) groups excluding carboxylic acids is 1. The molecule has 1 amide bonds. The normalized spacial score (nSPS) is 11.5. The molecule has 0 aliphatic carbocycles. The van der Waals surface area contributed by atoms with Crippen molar-refractivity contribution in [3.05, 3.63) is 101 Å². The first-order valence-electron chi connectivity index (χ1n) is 12.8. The standard InChI is InChI=1S/C30H30ClN3O7S2/c1-20-8-13-25(14-9-20)43(38,39)34(23-12-17-28(40-3)29(18-23)41-4)19-30(35)32-22-10-15-24(16-11-22)42(36,37)33-27-7-5-6-26(31)21(27)2/h5-18,33H,19H2,1-4H3,(H,32,35). The number of nitrogens with zero attached hydrogens (tertiary/aromatic N) is 1. The third-order valence-electron chi connectivity index (χ3n) is 6.51. The molecule has 43 heavy (non-hydrogen) atoms. The Morgan fingerprint density at radius 1 is 0.814 bits per heavy atom. The average Bonchev–Trinajstić information content (AvgIpc) is 2.98. The van der Waals surface area contributed by atoms with Crippen molar-refractivity contribution < 1.29 is 31.1 Å². The van der Waals surface area contributed by atoms with Crippen molar-refractivity contribution >= 4 is 54.6 Å². The van der Waals surface area contributed by atoms with E-state index in [0.717, 1.165) is 9.87 Å². The number of aryl methyl sites for hydroxylation is 1. The van der Waals surface area contributed by atoms with Crippen LogP contribution < -0.4 is 23.8 Å². The summed E-state index contributed by atoms with van der Waals surface area (Å²) in [6.07, 6.45) is 0. The van der Waals surface area contributed by atoms with E-state index in [9.17, 15) is 21.6 Å². The summed E-state index contributed by atoms with van der Waals surface area (Å²) in [5.74, 6) is 0.00934. The van der Waals surface area contributed by atoms with Gasteiger partial charge in [0.15, 0.2) is 11.5 Å². The molecule has 4 rings (SSSR count). The van der Waals surface area contributed by atoms with Gasteiger partial charge in [-0.25, -0.2) is 16.8 Å². The number of amides is 1. The highest BCUT2D eigenvalue weighted by Crippen LogP contribution is 2.34. The number of halogens is 1. The fraction of sp³-hybridized carbons (Fsp3) is 0.167. The minimum atomic E-state index is -4.19. The van der Waals surface area contributed by atoms with E-state index in [1.165, 1.54) is 62.8 Å². The number of hydrogen-bond donors (Lipinski definition) is 2. The molecule has 0 aliphatic rings. The number of methoxy groups -OCH3 is 2. The molecule has 226 valence electrons. The zero-order valence-electron chi connectivity index (χ0n) is 23.8. The van der Waals surface area contributed by atoms with Crippen LogP contribution in [0.3, 0.4) is 0 Å². The van der Waals surface area contributed by atoms with Crippen molar-refractivity contribution in [3.63, 3.8) is 0 Å². The van der Waals surface area contributed by atoms with Gasteiger partial charge < -0.3 is 14.8 Å². The van der Waals surface area contributed by atoms with E-state index in [2.05, 4.69) is 10.0 Å². The molecule has 0 saturated carbocycles. The maximum Gasteiger partial charge on any atom is 0.264 e. The molecule has 0 heterocycles. The molecule has 2 N–H and O–H groups in total. The van der Waals surface area contributed by atoms with E-state index in [0.29, 0.717) is 22.0 Å². The number of carbonyl (C=O) groups is 1. The van der Waals surface area contributed by atoms with Crippen molar-refractivity contribution in [1.29, 1.82) is 0 Å². The van der Waals surface area contributed by atoms with Crippen molar-refractivity contribution in [2.45, 2.75) is 23.6 Å². The van der Waals surface area contributed by atoms with Gasteiger partial charge in [0.1, 0.15) is 6.54 Å². The number of nitrogens with one attached hydrogen (secondary N) is 2. The van der Waals surface area contributed by atoms with E-state index >= 15 is 0 Å². The summed E-state index contributed by atoms with van der Waals surface area (Å²) in [5, 5.41) is 3.06. The summed E-state index contributed by atoms with van der Waals surface area (Å²) in [4.78, 5) is 13.1. The second-order valence-electron chi connectivity index (χ2n) is 9.45. The van der Waals surface area contributed by atoms with Crippen LogP contribution in [0.5, 0.6) is 11.5 Å². The molecule has 0 spiro atoms. The fourth-order valence-corrected chi connectivity index (χ4v) is 6.81. The van der Waals surface area contributed by atoms with Crippen LogP contribution in [0.2, 0.25) is 5.02 Å². The molecule has 0 fully saturated rings. The quantitative estimate of drug-likeness (QED) is 0.217. The fourth-order valence-electron chi connectivity index (χ4n) is 4.10. The Labute approximate surface area is 256 Å². The Morgan fingerprint density at radius 3 is 2.07 bits per heavy atom. The molecule has 0 unspecified atom stereocenters. The lowest BCUT2D eigenvalue weighted by molar-refractivity contribution is -0.114. The molecule has 0 bridgehead atoms. The van der Waals surface area contributed by atoms with Crippen LogP contribution >= 0.6 is 11.6 Å². The largest absolute Gasteiger partial charge is 0.493 e. The molecule has 10 nitrogen and oxygen atoms in total. The second-order valence-corrected chi connectivity index (χ2v) is 13.4. The van der Waals surface area contributed by atoms with Gasteiger partial charge >= 0.3 is 0 Å². The third kappa shape index (κ3) is 7.22. The maximum atomic E-state index is 13.7. The van der Waals surface area contributed by atoms with Crippen LogP contribution in [0.25, 0.3) is 0 Å². The first kappa shape index (κ1) is 31.7. The maximum absolute atomic E-state index is 13.7. The van der Waals surface area contributed by atoms with Gasteiger partial charge in [0, 0.05) is 16.8 Å². The molecule has 4 aromatic carbocycles. The van der Waals surface area contributed by atoms with E-state index < -0.39 is 32.5 Å². The van der Waals surface area contributed by atoms with Crippen LogP contribution in [0.1, 0.15) is 11.1 Å². The Hall–Kier alpha value is -4.26. The van der Waals surface area contributed by atoms with Crippen molar-refractivity contribution in [2.75, 3.05) is 35.1 Å². The van der Waals surface area contributed by atoms with Crippen LogP contribution in [0, 0.1) is 13.8 Å². The number of sulfonamides is 2. The van der Waals surface area contributed by atoms with Gasteiger partial charge in [-0.1, -0.05) is 35.4 Å². The highest BCUT2D eigenvalue weighted by molar-refractivity contribution is 7.93. The van der Waals surface area contributed by atoms with E-state index in [-0.39, 0.29) is 26.9 Å². The van der Waals surface area contributed by atoms with E-state index in [1.54, 1.807) is 43.3 Å². The number of rotatable bonds is 11. The van der Waals surface area contributed by atoms with Crippen molar-refractivity contribution in [1.82, 2.24) is 0 Å². The monoisotopic (exact) mass is 643 g/mol. The van der Waals surface area contributed by atoms with Crippen LogP contribution in [-0.2, 0) is 24.8 Å². The zero-order chi connectivity index (χ0) is 31.4. The number of hydrogen-bond acceptors (Lipinski definition) is 7. The summed E-state index contributed by atoms with van der Waals surface area (Å²) in [6.45, 7) is 2.95. The van der Waals surface area contributed by atoms with Crippen LogP contribution in [0.4, 0.5) is 17.1 Å². The Kier molecular flexibility index (Phi) is 9.53. The molecular weight excluding hydrogens is 614 g/mol. The van der Waals surface area contributed by atoms with Gasteiger partial charge in [-0.3, -0.25) is 13.8 Å². The Morgan fingerprint density at radius 2 is 1.44 bits per heavy atom. The SMILES string of the molecule is COc1ccc(N(CC(=O)Nc2ccc(S(=O)(=O)Nc3cccc(Cl)c3C)cc2)S(=O)(=O)c2ccc(C)cc2)cc1OC. The van der Waals surface area contributed by atoms with Crippen molar-refractivity contribution in [3.8, 4) is 11.5 Å². The molecule has 0 radical (unpaired) electrons. The van der Waals surface area contributed by atoms with Crippen LogP contribution in [-0.4, -0.2) is 43.5 Å². The molecule has 0 atom stereocenters. The summed E-state index contributed by atoms with van der Waals surface area (Å²) in [6, 6.07) is 21.1. The zero-order valence-corrected chi connectivity index (χ0v) is 26.2. The van der Waals surface area contributed by atoms with Gasteiger partial charge in [0.25, 0.3) is 20.0 Å². The first-order valence-corrected chi connectivity index (χ1v) is 16.1. The highest BCUT2D eigenvalue weighted by atomic mass is 35.5. The Bertz CT molecular complexity index is 1850. The highest BCUT2D eigenvalue weighted by Gasteiger charge is 2.28. The van der Waals surface area contributed by atoms with Gasteiger partial charge in [-0.15, -0.1) is 0 Å². The molecular formula is C30H30ClN3O7S2. The summed E-state index contributed by atoms with van der Waals surface area (Å²) < 4.78 is 67.4. The van der Waals surface area contributed by atoms with Gasteiger partial charge in [0.2, 0.25) is 5.91 Å². The molecule has 13 heteroatoms. The summed E-state index contributed by atoms with van der Waals surface area (Å²) >= 11 is 6.10. The Balaban J connectivity index is 1.58. The van der Waals surface area contributed by atoms with Crippen LogP contribution in [0.15, 0.2) is 94.7 Å². The molecule has 0 aromatic heterocycles. The molecule has 0 saturated heterocycles. The minimum Gasteiger partial charge on any atom is -0.493 e. The number of anilines is 3. The summed E-state index contributed by atoms with van der Waals surface area (Å²) in [7, 11) is -5.26. The summed E-state index contributed by atoms with van der Waals surface area (Å²) in [5.41, 5.74) is 2.24. The molecule has 0 aliphatic heterocycles. The molecule has 4 aromatic rings. The topological polar surface area (TPSA) is 131 Å². The van der Waals surface area contributed by atoms with E-state index in [1.807, 2.05) is 6.92 Å². The smallest absolute Gasteiger partial charge is 0.264 e. The number of benzene rings is 4.